The van der Waals surface area contributed by atoms with Gasteiger partial charge in [-0.2, -0.15) is 13.2 Å². The number of halogens is 5. The molecule has 1 unspecified atom stereocenters. The lowest BCUT2D eigenvalue weighted by Crippen LogP contribution is -2.50. The minimum absolute atomic E-state index is 0.0216. The third-order valence-electron chi connectivity index (χ3n) is 6.18. The molecule has 40 heavy (non-hydrogen) atoms. The van der Waals surface area contributed by atoms with Crippen LogP contribution in [0.1, 0.15) is 31.1 Å². The van der Waals surface area contributed by atoms with Crippen LogP contribution in [0.3, 0.4) is 0 Å². The van der Waals surface area contributed by atoms with Crippen molar-refractivity contribution in [3.05, 3.63) is 105 Å². The first-order chi connectivity index (χ1) is 19.0. The summed E-state index contributed by atoms with van der Waals surface area (Å²) in [4.78, 5) is 30.1. The van der Waals surface area contributed by atoms with Crippen LogP contribution in [-0.4, -0.2) is 31.7 Å². The third kappa shape index (κ3) is 6.21. The topological polar surface area (TPSA) is 59.1 Å². The van der Waals surface area contributed by atoms with Crippen molar-refractivity contribution in [3.8, 4) is 0 Å². The van der Waals surface area contributed by atoms with Gasteiger partial charge in [-0.15, -0.1) is 0 Å². The number of esters is 2. The highest BCUT2D eigenvalue weighted by Crippen LogP contribution is 2.43. The van der Waals surface area contributed by atoms with E-state index in [-0.39, 0.29) is 31.0 Å². The summed E-state index contributed by atoms with van der Waals surface area (Å²) in [6.07, 6.45) is -5.42. The van der Waals surface area contributed by atoms with Crippen LogP contribution in [0, 0.1) is 0 Å². The van der Waals surface area contributed by atoms with Gasteiger partial charge in [0.25, 0.3) is 0 Å². The third-order valence-corrected chi connectivity index (χ3v) is 6.69. The zero-order valence-electron chi connectivity index (χ0n) is 21.5. The van der Waals surface area contributed by atoms with Gasteiger partial charge in [0.1, 0.15) is 11.9 Å². The normalized spacial score (nSPS) is 15.7. The molecule has 3 aromatic carbocycles. The van der Waals surface area contributed by atoms with Crippen molar-refractivity contribution in [2.75, 3.05) is 29.6 Å². The Labute approximate surface area is 239 Å². The average Bonchev–Trinajstić information content (AvgIpc) is 2.92. The van der Waals surface area contributed by atoms with Gasteiger partial charge in [-0.05, 0) is 80.1 Å². The zero-order chi connectivity index (χ0) is 29.0. The summed E-state index contributed by atoms with van der Waals surface area (Å²) < 4.78 is 50.9. The molecule has 0 spiro atoms. The van der Waals surface area contributed by atoms with E-state index >= 15 is 0 Å². The summed E-state index contributed by atoms with van der Waals surface area (Å²) in [6.45, 7) is 3.25. The Morgan fingerprint density at radius 2 is 1.30 bits per heavy atom. The van der Waals surface area contributed by atoms with Crippen molar-refractivity contribution in [1.82, 2.24) is 0 Å². The maximum absolute atomic E-state index is 13.5. The van der Waals surface area contributed by atoms with Crippen molar-refractivity contribution in [2.45, 2.75) is 26.2 Å². The Morgan fingerprint density at radius 3 is 1.80 bits per heavy atom. The number of rotatable bonds is 7. The molecule has 1 aliphatic heterocycles. The van der Waals surface area contributed by atoms with Gasteiger partial charge in [0.15, 0.2) is 0 Å². The second kappa shape index (κ2) is 12.2. The van der Waals surface area contributed by atoms with Gasteiger partial charge < -0.3 is 19.3 Å². The fourth-order valence-corrected chi connectivity index (χ4v) is 4.70. The molecule has 0 aromatic heterocycles. The van der Waals surface area contributed by atoms with E-state index < -0.39 is 29.8 Å². The second-order valence-electron chi connectivity index (χ2n) is 8.71. The standard InChI is InChI=1S/C29H25Cl2F3N2O4/c1-3-39-27(37)24-17-35(22-13-9-20(30)10-14-22)26(18-5-7-19(8-6-18)29(32,33)34)36(25(24)28(38)40-4-2)23-15-11-21(31)12-16-23/h5-16,26H,3-4,17H2,1-2H3. The Bertz CT molecular complexity index is 1390. The van der Waals surface area contributed by atoms with Crippen LogP contribution >= 0.6 is 23.2 Å². The van der Waals surface area contributed by atoms with Gasteiger partial charge in [-0.1, -0.05) is 35.3 Å². The maximum Gasteiger partial charge on any atom is 0.416 e. The van der Waals surface area contributed by atoms with Crippen LogP contribution in [0.4, 0.5) is 24.5 Å². The number of nitrogens with zero attached hydrogens (tertiary/aromatic N) is 2. The summed E-state index contributed by atoms with van der Waals surface area (Å²) in [5.74, 6) is -1.51. The Morgan fingerprint density at radius 1 is 0.800 bits per heavy atom. The SMILES string of the molecule is CCOC(=O)C1=C(C(=O)OCC)N(c2ccc(Cl)cc2)C(c2ccc(C(F)(F)F)cc2)N(c2ccc(Cl)cc2)C1. The smallest absolute Gasteiger partial charge is 0.416 e. The molecule has 0 amide bonds. The molecule has 6 nitrogen and oxygen atoms in total. The summed E-state index contributed by atoms with van der Waals surface area (Å²) in [5.41, 5.74) is 0.570. The van der Waals surface area contributed by atoms with Crippen LogP contribution in [-0.2, 0) is 25.2 Å². The quantitative estimate of drug-likeness (QED) is 0.266. The van der Waals surface area contributed by atoms with Crippen LogP contribution in [0.25, 0.3) is 0 Å². The van der Waals surface area contributed by atoms with E-state index in [0.717, 1.165) is 12.1 Å². The van der Waals surface area contributed by atoms with Gasteiger partial charge in [0, 0.05) is 21.4 Å². The van der Waals surface area contributed by atoms with Gasteiger partial charge in [-0.25, -0.2) is 9.59 Å². The highest BCUT2D eigenvalue weighted by Gasteiger charge is 2.43. The predicted octanol–water partition coefficient (Wildman–Crippen LogP) is 7.42. The van der Waals surface area contributed by atoms with E-state index in [4.69, 9.17) is 32.7 Å². The monoisotopic (exact) mass is 592 g/mol. The zero-order valence-corrected chi connectivity index (χ0v) is 23.1. The minimum atomic E-state index is -4.54. The number of ether oxygens (including phenoxy) is 2. The molecule has 0 saturated carbocycles. The van der Waals surface area contributed by atoms with E-state index in [1.807, 2.05) is 0 Å². The van der Waals surface area contributed by atoms with Gasteiger partial charge >= 0.3 is 18.1 Å². The van der Waals surface area contributed by atoms with Crippen LogP contribution < -0.4 is 9.80 Å². The number of hydrogen-bond donors (Lipinski definition) is 0. The molecular weight excluding hydrogens is 568 g/mol. The number of hydrogen-bond acceptors (Lipinski definition) is 6. The molecule has 0 N–H and O–H groups in total. The minimum Gasteiger partial charge on any atom is -0.463 e. The summed E-state index contributed by atoms with van der Waals surface area (Å²) >= 11 is 12.3. The van der Waals surface area contributed by atoms with E-state index in [2.05, 4.69) is 0 Å². The highest BCUT2D eigenvalue weighted by atomic mass is 35.5. The molecule has 3 aromatic rings. The van der Waals surface area contributed by atoms with Gasteiger partial charge in [0.05, 0.1) is 30.9 Å². The van der Waals surface area contributed by atoms with E-state index in [0.29, 0.717) is 27.0 Å². The van der Waals surface area contributed by atoms with Crippen molar-refractivity contribution < 1.29 is 32.2 Å². The molecule has 11 heteroatoms. The van der Waals surface area contributed by atoms with Crippen molar-refractivity contribution in [1.29, 1.82) is 0 Å². The van der Waals surface area contributed by atoms with E-state index in [1.54, 1.807) is 72.2 Å². The van der Waals surface area contributed by atoms with Gasteiger partial charge in [0.2, 0.25) is 0 Å². The molecule has 0 aliphatic carbocycles. The first-order valence-corrected chi connectivity index (χ1v) is 13.1. The maximum atomic E-state index is 13.5. The molecule has 1 aliphatic rings. The van der Waals surface area contributed by atoms with E-state index in [9.17, 15) is 22.8 Å². The average molecular weight is 593 g/mol. The van der Waals surface area contributed by atoms with Crippen molar-refractivity contribution >= 4 is 46.5 Å². The van der Waals surface area contributed by atoms with Crippen molar-refractivity contribution in [2.24, 2.45) is 0 Å². The number of carbonyl (C=O) groups is 2. The fourth-order valence-electron chi connectivity index (χ4n) is 4.45. The van der Waals surface area contributed by atoms with Crippen LogP contribution in [0.15, 0.2) is 84.1 Å². The van der Waals surface area contributed by atoms with Crippen molar-refractivity contribution in [3.63, 3.8) is 0 Å². The molecule has 0 bridgehead atoms. The first-order valence-electron chi connectivity index (χ1n) is 12.4. The Hall–Kier alpha value is -3.69. The first kappa shape index (κ1) is 29.3. The number of anilines is 2. The lowest BCUT2D eigenvalue weighted by Gasteiger charge is -2.47. The lowest BCUT2D eigenvalue weighted by atomic mass is 9.98. The van der Waals surface area contributed by atoms with Crippen LogP contribution in [0.5, 0.6) is 0 Å². The fraction of sp³-hybridized carbons (Fsp3) is 0.241. The molecule has 4 rings (SSSR count). The molecular formula is C29H25Cl2F3N2O4. The summed E-state index contributed by atoms with van der Waals surface area (Å²) in [6, 6.07) is 17.9. The summed E-state index contributed by atoms with van der Waals surface area (Å²) in [5, 5.41) is 0.892. The van der Waals surface area contributed by atoms with Gasteiger partial charge in [-0.3, -0.25) is 0 Å². The second-order valence-corrected chi connectivity index (χ2v) is 9.59. The molecule has 1 heterocycles. The number of alkyl halides is 3. The Balaban J connectivity index is 2.03. The number of benzene rings is 3. The summed E-state index contributed by atoms with van der Waals surface area (Å²) in [7, 11) is 0. The highest BCUT2D eigenvalue weighted by molar-refractivity contribution is 6.31. The molecule has 0 fully saturated rings. The number of carbonyl (C=O) groups excluding carboxylic acids is 2. The van der Waals surface area contributed by atoms with E-state index in [1.165, 1.54) is 12.1 Å². The molecule has 1 atom stereocenters. The molecule has 0 radical (unpaired) electrons. The Kier molecular flexibility index (Phi) is 8.95. The predicted molar refractivity (Wildman–Crippen MR) is 147 cm³/mol. The molecule has 210 valence electrons. The lowest BCUT2D eigenvalue weighted by molar-refractivity contribution is -0.142. The largest absolute Gasteiger partial charge is 0.463 e. The molecule has 0 saturated heterocycles. The van der Waals surface area contributed by atoms with Crippen LogP contribution in [0.2, 0.25) is 10.0 Å².